The Bertz CT molecular complexity index is 807. The molecular weight excluding hydrogens is 374 g/mol. The van der Waals surface area contributed by atoms with Gasteiger partial charge >= 0.3 is 0 Å². The van der Waals surface area contributed by atoms with Crippen LogP contribution in [-0.4, -0.2) is 72.0 Å². The van der Waals surface area contributed by atoms with Crippen LogP contribution < -0.4 is 10.1 Å². The molecular formula is C21H27N3O5. The highest BCUT2D eigenvalue weighted by molar-refractivity contribution is 6.02. The first-order valence-electron chi connectivity index (χ1n) is 10.2. The van der Waals surface area contributed by atoms with Gasteiger partial charge in [-0.2, -0.15) is 0 Å². The standard InChI is InChI=1S/C21H27N3O5/c1-3-23(4-2)17-11-28-12-18(17)29-15-5-6-16-13(7-15)10-24(21(16)27)14-8-19(25)22-20(26)9-14/h5-7,14,17-18H,3-4,8-12H2,1-2H3,(H,22,25,26)/t17-,18-/m0/s1. The van der Waals surface area contributed by atoms with Crippen LogP contribution >= 0.6 is 0 Å². The summed E-state index contributed by atoms with van der Waals surface area (Å²) in [7, 11) is 0. The predicted octanol–water partition coefficient (Wildman–Crippen LogP) is 0.936. The molecule has 3 aliphatic rings. The molecule has 0 unspecified atom stereocenters. The molecule has 8 heteroatoms. The highest BCUT2D eigenvalue weighted by atomic mass is 16.5. The minimum absolute atomic E-state index is 0.0548. The molecule has 1 aromatic rings. The van der Waals surface area contributed by atoms with Gasteiger partial charge in [-0.05, 0) is 36.9 Å². The van der Waals surface area contributed by atoms with Crippen LogP contribution in [0, 0.1) is 0 Å². The van der Waals surface area contributed by atoms with E-state index in [0.717, 1.165) is 18.7 Å². The van der Waals surface area contributed by atoms with E-state index in [-0.39, 0.29) is 42.7 Å². The first-order valence-corrected chi connectivity index (χ1v) is 10.2. The van der Waals surface area contributed by atoms with Crippen molar-refractivity contribution in [1.82, 2.24) is 15.1 Å². The average Bonchev–Trinajstić information content (AvgIpc) is 3.27. The Labute approximate surface area is 170 Å². The summed E-state index contributed by atoms with van der Waals surface area (Å²) >= 11 is 0. The summed E-state index contributed by atoms with van der Waals surface area (Å²) in [5, 5.41) is 2.29. The summed E-state index contributed by atoms with van der Waals surface area (Å²) in [6.07, 6.45) is 0.250. The van der Waals surface area contributed by atoms with Crippen LogP contribution in [0.3, 0.4) is 0 Å². The van der Waals surface area contributed by atoms with Gasteiger partial charge in [0.2, 0.25) is 11.8 Å². The number of amides is 3. The molecule has 3 amide bonds. The fraction of sp³-hybridized carbons (Fsp3) is 0.571. The van der Waals surface area contributed by atoms with Crippen molar-refractivity contribution in [3.8, 4) is 5.75 Å². The van der Waals surface area contributed by atoms with Crippen molar-refractivity contribution in [2.45, 2.75) is 51.4 Å². The molecule has 0 spiro atoms. The van der Waals surface area contributed by atoms with E-state index in [1.165, 1.54) is 0 Å². The molecule has 1 aromatic carbocycles. The fourth-order valence-corrected chi connectivity index (χ4v) is 4.51. The van der Waals surface area contributed by atoms with Crippen LogP contribution in [0.15, 0.2) is 18.2 Å². The highest BCUT2D eigenvalue weighted by Crippen LogP contribution is 2.31. The Morgan fingerprint density at radius 3 is 2.55 bits per heavy atom. The SMILES string of the molecule is CCN(CC)[C@H]1COC[C@@H]1Oc1ccc2c(c1)CN(C1CC(=O)NC(=O)C1)C2=O. The maximum Gasteiger partial charge on any atom is 0.254 e. The lowest BCUT2D eigenvalue weighted by Gasteiger charge is -2.30. The van der Waals surface area contributed by atoms with E-state index in [2.05, 4.69) is 24.1 Å². The van der Waals surface area contributed by atoms with Gasteiger partial charge in [0.1, 0.15) is 11.9 Å². The molecule has 8 nitrogen and oxygen atoms in total. The summed E-state index contributed by atoms with van der Waals surface area (Å²) in [6.45, 7) is 7.72. The van der Waals surface area contributed by atoms with E-state index < -0.39 is 6.04 Å². The van der Waals surface area contributed by atoms with Gasteiger partial charge in [0.05, 0.1) is 19.3 Å². The molecule has 0 saturated carbocycles. The Hall–Kier alpha value is -2.45. The minimum atomic E-state index is -0.393. The third kappa shape index (κ3) is 3.86. The molecule has 3 heterocycles. The number of imide groups is 1. The highest BCUT2D eigenvalue weighted by Gasteiger charge is 2.38. The number of piperidine rings is 1. The van der Waals surface area contributed by atoms with E-state index in [9.17, 15) is 14.4 Å². The van der Waals surface area contributed by atoms with Crippen LogP contribution in [0.2, 0.25) is 0 Å². The fourth-order valence-electron chi connectivity index (χ4n) is 4.51. The molecule has 2 saturated heterocycles. The first-order chi connectivity index (χ1) is 14.0. The lowest BCUT2D eigenvalue weighted by atomic mass is 10.0. The number of likely N-dealkylation sites (N-methyl/N-ethyl adjacent to an activating group) is 1. The Balaban J connectivity index is 1.47. The molecule has 29 heavy (non-hydrogen) atoms. The number of carbonyl (C=O) groups is 3. The number of fused-ring (bicyclic) bond motifs is 1. The smallest absolute Gasteiger partial charge is 0.254 e. The van der Waals surface area contributed by atoms with Crippen LogP contribution in [0.5, 0.6) is 5.75 Å². The largest absolute Gasteiger partial charge is 0.486 e. The van der Waals surface area contributed by atoms with Crippen molar-refractivity contribution < 1.29 is 23.9 Å². The lowest BCUT2D eigenvalue weighted by Crippen LogP contribution is -2.48. The first kappa shape index (κ1) is 19.8. The molecule has 156 valence electrons. The summed E-state index contributed by atoms with van der Waals surface area (Å²) < 4.78 is 11.9. The second-order valence-electron chi connectivity index (χ2n) is 7.77. The molecule has 0 radical (unpaired) electrons. The molecule has 1 N–H and O–H groups in total. The predicted molar refractivity (Wildman–Crippen MR) is 104 cm³/mol. The molecule has 2 atom stereocenters. The monoisotopic (exact) mass is 401 g/mol. The zero-order valence-electron chi connectivity index (χ0n) is 16.8. The molecule has 3 aliphatic heterocycles. The van der Waals surface area contributed by atoms with Gasteiger partial charge in [-0.1, -0.05) is 13.8 Å². The summed E-state index contributed by atoms with van der Waals surface area (Å²) in [5.41, 5.74) is 1.47. The van der Waals surface area contributed by atoms with Crippen molar-refractivity contribution in [1.29, 1.82) is 0 Å². The molecule has 0 bridgehead atoms. The average molecular weight is 401 g/mol. The summed E-state index contributed by atoms with van der Waals surface area (Å²) in [5.74, 6) is -0.0850. The normalized spacial score (nSPS) is 24.9. The molecule has 2 fully saturated rings. The number of hydrogen-bond donors (Lipinski definition) is 1. The van der Waals surface area contributed by atoms with Crippen molar-refractivity contribution in [3.63, 3.8) is 0 Å². The Morgan fingerprint density at radius 1 is 1.14 bits per heavy atom. The quantitative estimate of drug-likeness (QED) is 0.714. The van der Waals surface area contributed by atoms with Gasteiger partial charge in [-0.15, -0.1) is 0 Å². The van der Waals surface area contributed by atoms with Crippen molar-refractivity contribution in [2.75, 3.05) is 26.3 Å². The number of carbonyl (C=O) groups excluding carboxylic acids is 3. The number of hydrogen-bond acceptors (Lipinski definition) is 6. The van der Waals surface area contributed by atoms with E-state index in [0.29, 0.717) is 31.1 Å². The van der Waals surface area contributed by atoms with Crippen LogP contribution in [0.1, 0.15) is 42.6 Å². The summed E-state index contributed by atoms with van der Waals surface area (Å²) in [4.78, 5) is 40.2. The number of nitrogens with zero attached hydrogens (tertiary/aromatic N) is 2. The zero-order valence-corrected chi connectivity index (χ0v) is 16.8. The van der Waals surface area contributed by atoms with E-state index >= 15 is 0 Å². The summed E-state index contributed by atoms with van der Waals surface area (Å²) in [6, 6.07) is 5.31. The number of rotatable bonds is 6. The van der Waals surface area contributed by atoms with Gasteiger partial charge in [0.15, 0.2) is 0 Å². The van der Waals surface area contributed by atoms with Crippen molar-refractivity contribution >= 4 is 17.7 Å². The third-order valence-corrected chi connectivity index (χ3v) is 6.04. The van der Waals surface area contributed by atoms with Gasteiger partial charge in [-0.3, -0.25) is 24.6 Å². The molecule has 0 aromatic heterocycles. The molecule has 4 rings (SSSR count). The van der Waals surface area contributed by atoms with Crippen molar-refractivity contribution in [3.05, 3.63) is 29.3 Å². The second kappa shape index (κ2) is 8.12. The van der Waals surface area contributed by atoms with E-state index in [1.807, 2.05) is 12.1 Å². The van der Waals surface area contributed by atoms with Crippen LogP contribution in [0.4, 0.5) is 0 Å². The van der Waals surface area contributed by atoms with Crippen molar-refractivity contribution in [2.24, 2.45) is 0 Å². The molecule has 0 aliphatic carbocycles. The Morgan fingerprint density at radius 2 is 1.86 bits per heavy atom. The van der Waals surface area contributed by atoms with Crippen LogP contribution in [0.25, 0.3) is 0 Å². The second-order valence-corrected chi connectivity index (χ2v) is 7.77. The zero-order chi connectivity index (χ0) is 20.5. The van der Waals surface area contributed by atoms with Gasteiger partial charge in [0, 0.05) is 31.0 Å². The number of nitrogens with one attached hydrogen (secondary N) is 1. The van der Waals surface area contributed by atoms with Gasteiger partial charge in [0.25, 0.3) is 5.91 Å². The maximum atomic E-state index is 12.8. The van der Waals surface area contributed by atoms with E-state index in [1.54, 1.807) is 11.0 Å². The van der Waals surface area contributed by atoms with Gasteiger partial charge in [-0.25, -0.2) is 0 Å². The van der Waals surface area contributed by atoms with E-state index in [4.69, 9.17) is 9.47 Å². The van der Waals surface area contributed by atoms with Gasteiger partial charge < -0.3 is 14.4 Å². The topological polar surface area (TPSA) is 88.2 Å². The minimum Gasteiger partial charge on any atom is -0.486 e. The lowest BCUT2D eigenvalue weighted by molar-refractivity contribution is -0.135. The number of ether oxygens (including phenoxy) is 2. The van der Waals surface area contributed by atoms with Crippen LogP contribution in [-0.2, 0) is 20.9 Å². The third-order valence-electron chi connectivity index (χ3n) is 6.04. The Kier molecular flexibility index (Phi) is 5.56. The maximum absolute atomic E-state index is 12.8. The number of benzene rings is 1.